The molecule has 0 radical (unpaired) electrons. The van der Waals surface area contributed by atoms with Crippen LogP contribution in [0.2, 0.25) is 0 Å². The van der Waals surface area contributed by atoms with Gasteiger partial charge in [0.2, 0.25) is 5.91 Å². The van der Waals surface area contributed by atoms with Crippen molar-refractivity contribution in [3.8, 4) is 0 Å². The number of benzene rings is 1. The van der Waals surface area contributed by atoms with Crippen molar-refractivity contribution in [3.63, 3.8) is 0 Å². The predicted molar refractivity (Wildman–Crippen MR) is 101 cm³/mol. The molecule has 1 aliphatic heterocycles. The summed E-state index contributed by atoms with van der Waals surface area (Å²) in [5.74, 6) is 0.211. The first kappa shape index (κ1) is 20.2. The quantitative estimate of drug-likeness (QED) is 0.867. The van der Waals surface area contributed by atoms with Crippen molar-refractivity contribution in [3.05, 3.63) is 29.3 Å². The van der Waals surface area contributed by atoms with Crippen molar-refractivity contribution in [2.45, 2.75) is 38.3 Å². The molecule has 3 rings (SSSR count). The summed E-state index contributed by atoms with van der Waals surface area (Å²) >= 11 is 1.67. The molecular weight excluding hydrogens is 353 g/mol. The molecule has 1 N–H and O–H groups in total. The second kappa shape index (κ2) is 9.42. The number of carbonyl (C=O) groups is 1. The van der Waals surface area contributed by atoms with Crippen LogP contribution >= 0.6 is 36.2 Å². The van der Waals surface area contributed by atoms with Gasteiger partial charge in [-0.1, -0.05) is 12.1 Å². The third kappa shape index (κ3) is 5.31. The number of nitrogens with zero attached hydrogens (tertiary/aromatic N) is 2. The number of nitrogens with one attached hydrogen (secondary N) is 1. The molecule has 1 aromatic heterocycles. The van der Waals surface area contributed by atoms with Gasteiger partial charge in [-0.25, -0.2) is 4.98 Å². The van der Waals surface area contributed by atoms with E-state index in [0.29, 0.717) is 19.0 Å². The monoisotopic (exact) mass is 375 g/mol. The lowest BCUT2D eigenvalue weighted by molar-refractivity contribution is -0.130. The highest BCUT2D eigenvalue weighted by Crippen LogP contribution is 2.22. The number of para-hydroxylation sites is 1. The summed E-state index contributed by atoms with van der Waals surface area (Å²) in [4.78, 5) is 18.6. The van der Waals surface area contributed by atoms with Gasteiger partial charge >= 0.3 is 0 Å². The average molecular weight is 376 g/mol. The van der Waals surface area contributed by atoms with Crippen LogP contribution in [0.25, 0.3) is 10.2 Å². The second-order valence-electron chi connectivity index (χ2n) is 5.66. The van der Waals surface area contributed by atoms with Crippen molar-refractivity contribution in [1.82, 2.24) is 15.2 Å². The van der Waals surface area contributed by atoms with E-state index in [1.165, 1.54) is 17.5 Å². The van der Waals surface area contributed by atoms with Crippen molar-refractivity contribution in [1.29, 1.82) is 0 Å². The molecule has 1 aromatic carbocycles. The molecule has 128 valence electrons. The lowest BCUT2D eigenvalue weighted by Crippen LogP contribution is -2.29. The topological polar surface area (TPSA) is 45.2 Å². The van der Waals surface area contributed by atoms with E-state index in [1.807, 2.05) is 25.2 Å². The summed E-state index contributed by atoms with van der Waals surface area (Å²) in [6.07, 6.45) is 4.01. The van der Waals surface area contributed by atoms with Gasteiger partial charge in [0.1, 0.15) is 5.01 Å². The summed E-state index contributed by atoms with van der Waals surface area (Å²) in [5.41, 5.74) is 1.02. The fourth-order valence-corrected chi connectivity index (χ4v) is 3.79. The van der Waals surface area contributed by atoms with Crippen molar-refractivity contribution in [2.24, 2.45) is 0 Å². The van der Waals surface area contributed by atoms with Crippen LogP contribution in [0, 0.1) is 0 Å². The number of carbonyl (C=O) groups excluding carboxylic acids is 1. The fraction of sp³-hybridized carbons (Fsp3) is 0.500. The van der Waals surface area contributed by atoms with Crippen LogP contribution in [-0.2, 0) is 11.3 Å². The van der Waals surface area contributed by atoms with Crippen LogP contribution in [0.4, 0.5) is 0 Å². The third-order valence-electron chi connectivity index (χ3n) is 4.01. The molecule has 0 bridgehead atoms. The van der Waals surface area contributed by atoms with Gasteiger partial charge in [-0.15, -0.1) is 36.2 Å². The summed E-state index contributed by atoms with van der Waals surface area (Å²) in [6.45, 7) is 1.71. The Morgan fingerprint density at radius 1 is 1.39 bits per heavy atom. The maximum atomic E-state index is 12.2. The van der Waals surface area contributed by atoms with Crippen LogP contribution in [0.15, 0.2) is 24.3 Å². The van der Waals surface area contributed by atoms with Gasteiger partial charge < -0.3 is 10.2 Å². The van der Waals surface area contributed by atoms with E-state index < -0.39 is 0 Å². The molecule has 7 heteroatoms. The number of thiazole rings is 1. The van der Waals surface area contributed by atoms with Crippen molar-refractivity contribution >= 4 is 52.3 Å². The van der Waals surface area contributed by atoms with E-state index >= 15 is 0 Å². The molecule has 2 heterocycles. The molecule has 23 heavy (non-hydrogen) atoms. The summed E-state index contributed by atoms with van der Waals surface area (Å²) in [7, 11) is 1.87. The second-order valence-corrected chi connectivity index (χ2v) is 6.77. The maximum absolute atomic E-state index is 12.2. The lowest BCUT2D eigenvalue weighted by Gasteiger charge is -2.17. The van der Waals surface area contributed by atoms with Crippen LogP contribution < -0.4 is 5.32 Å². The molecule has 4 nitrogen and oxygen atoms in total. The Morgan fingerprint density at radius 3 is 2.87 bits per heavy atom. The zero-order valence-corrected chi connectivity index (χ0v) is 15.6. The number of halogens is 2. The van der Waals surface area contributed by atoms with Crippen molar-refractivity contribution < 1.29 is 4.79 Å². The highest BCUT2D eigenvalue weighted by Gasteiger charge is 2.17. The summed E-state index contributed by atoms with van der Waals surface area (Å²) in [5, 5.41) is 4.44. The minimum atomic E-state index is 0. The van der Waals surface area contributed by atoms with Gasteiger partial charge in [0.05, 0.1) is 16.8 Å². The molecule has 0 aliphatic carbocycles. The van der Waals surface area contributed by atoms with Gasteiger partial charge in [-0.3, -0.25) is 4.79 Å². The van der Waals surface area contributed by atoms with E-state index in [1.54, 1.807) is 16.2 Å². The summed E-state index contributed by atoms with van der Waals surface area (Å²) < 4.78 is 1.18. The van der Waals surface area contributed by atoms with Crippen LogP contribution in [0.3, 0.4) is 0 Å². The zero-order valence-electron chi connectivity index (χ0n) is 13.2. The van der Waals surface area contributed by atoms with Gasteiger partial charge in [0.15, 0.2) is 0 Å². The number of hydrogen-bond donors (Lipinski definition) is 1. The van der Waals surface area contributed by atoms with Gasteiger partial charge in [-0.2, -0.15) is 0 Å². The first-order valence-electron chi connectivity index (χ1n) is 7.54. The number of amides is 1. The molecular formula is C16H23Cl2N3OS. The van der Waals surface area contributed by atoms with Crippen molar-refractivity contribution in [2.75, 3.05) is 13.6 Å². The highest BCUT2D eigenvalue weighted by atomic mass is 35.5. The van der Waals surface area contributed by atoms with Gasteiger partial charge in [0.25, 0.3) is 0 Å². The Balaban J connectivity index is 0.00000132. The SMILES string of the molecule is CN(Cc1nc2ccccc2s1)C(=O)CCC1CCCN1.Cl.Cl. The van der Waals surface area contributed by atoms with E-state index in [0.717, 1.165) is 23.5 Å². The van der Waals surface area contributed by atoms with E-state index in [-0.39, 0.29) is 30.7 Å². The Kier molecular flexibility index (Phi) is 8.26. The number of rotatable bonds is 5. The number of fused-ring (bicyclic) bond motifs is 1. The Labute approximate surface area is 153 Å². The third-order valence-corrected chi connectivity index (χ3v) is 5.03. The first-order valence-corrected chi connectivity index (χ1v) is 8.36. The summed E-state index contributed by atoms with van der Waals surface area (Å²) in [6, 6.07) is 8.64. The minimum absolute atomic E-state index is 0. The number of aromatic nitrogens is 1. The molecule has 1 unspecified atom stereocenters. The minimum Gasteiger partial charge on any atom is -0.339 e. The molecule has 2 aromatic rings. The standard InChI is InChI=1S/C16H21N3OS.2ClH/c1-19(16(20)9-8-12-5-4-10-17-12)11-15-18-13-6-2-3-7-14(13)21-15;;/h2-3,6-7,12,17H,4-5,8-11H2,1H3;2*1H. The normalized spacial score (nSPS) is 16.7. The highest BCUT2D eigenvalue weighted by molar-refractivity contribution is 7.18. The fourth-order valence-electron chi connectivity index (χ4n) is 2.77. The van der Waals surface area contributed by atoms with Gasteiger partial charge in [-0.05, 0) is 37.9 Å². The lowest BCUT2D eigenvalue weighted by atomic mass is 10.1. The molecule has 1 fully saturated rings. The van der Waals surface area contributed by atoms with Crippen LogP contribution in [0.5, 0.6) is 0 Å². The van der Waals surface area contributed by atoms with E-state index in [4.69, 9.17) is 0 Å². The van der Waals surface area contributed by atoms with E-state index in [9.17, 15) is 4.79 Å². The first-order chi connectivity index (χ1) is 10.2. The van der Waals surface area contributed by atoms with Crippen LogP contribution in [0.1, 0.15) is 30.7 Å². The Bertz CT molecular complexity index is 596. The molecule has 1 atom stereocenters. The zero-order chi connectivity index (χ0) is 14.7. The molecule has 1 saturated heterocycles. The molecule has 1 aliphatic rings. The smallest absolute Gasteiger partial charge is 0.222 e. The average Bonchev–Trinajstić information content (AvgIpc) is 3.13. The predicted octanol–water partition coefficient (Wildman–Crippen LogP) is 3.63. The maximum Gasteiger partial charge on any atom is 0.222 e. The molecule has 0 saturated carbocycles. The van der Waals surface area contributed by atoms with Gasteiger partial charge in [0, 0.05) is 19.5 Å². The number of hydrogen-bond acceptors (Lipinski definition) is 4. The van der Waals surface area contributed by atoms with Crippen LogP contribution in [-0.4, -0.2) is 35.4 Å². The largest absolute Gasteiger partial charge is 0.339 e. The van der Waals surface area contributed by atoms with E-state index in [2.05, 4.69) is 16.4 Å². The molecule has 1 amide bonds. The Hall–Kier alpha value is -0.880. The molecule has 0 spiro atoms. The Morgan fingerprint density at radius 2 is 2.17 bits per heavy atom.